The molecule has 0 amide bonds. The van der Waals surface area contributed by atoms with Gasteiger partial charge in [0.15, 0.2) is 0 Å². The number of rotatable bonds is 5. The minimum Gasteiger partial charge on any atom is -0.507 e. The zero-order valence-corrected chi connectivity index (χ0v) is 10.1. The second-order valence-electron chi connectivity index (χ2n) is 3.57. The number of halogens is 1. The van der Waals surface area contributed by atoms with Crippen molar-refractivity contribution in [1.29, 1.82) is 0 Å². The summed E-state index contributed by atoms with van der Waals surface area (Å²) in [6, 6.07) is 4.13. The zero-order chi connectivity index (χ0) is 12.8. The second-order valence-corrected chi connectivity index (χ2v) is 4.01. The van der Waals surface area contributed by atoms with Crippen molar-refractivity contribution in [1.82, 2.24) is 5.32 Å². The van der Waals surface area contributed by atoms with E-state index in [9.17, 15) is 9.90 Å². The summed E-state index contributed by atoms with van der Waals surface area (Å²) in [4.78, 5) is 10.5. The van der Waals surface area contributed by atoms with Crippen LogP contribution in [-0.2, 0) is 4.79 Å². The van der Waals surface area contributed by atoms with Gasteiger partial charge in [-0.25, -0.2) is 0 Å². The molecule has 0 saturated heterocycles. The first kappa shape index (κ1) is 13.5. The van der Waals surface area contributed by atoms with E-state index in [1.54, 1.807) is 31.2 Å². The third kappa shape index (κ3) is 4.46. The predicted molar refractivity (Wildman–Crippen MR) is 67.3 cm³/mol. The van der Waals surface area contributed by atoms with Gasteiger partial charge in [-0.3, -0.25) is 4.79 Å². The van der Waals surface area contributed by atoms with Crippen LogP contribution in [0.1, 0.15) is 12.5 Å². The zero-order valence-electron chi connectivity index (χ0n) is 9.35. The van der Waals surface area contributed by atoms with Crippen LogP contribution < -0.4 is 5.32 Å². The van der Waals surface area contributed by atoms with Crippen molar-refractivity contribution in [3.8, 4) is 5.75 Å². The molecule has 0 aliphatic rings. The summed E-state index contributed by atoms with van der Waals surface area (Å²) in [5.74, 6) is -0.763. The van der Waals surface area contributed by atoms with E-state index in [1.807, 2.05) is 0 Å². The van der Waals surface area contributed by atoms with Crippen LogP contribution in [0, 0.1) is 0 Å². The number of nitrogens with one attached hydrogen (secondary N) is 1. The van der Waals surface area contributed by atoms with Crippen molar-refractivity contribution in [2.75, 3.05) is 6.54 Å². The number of carbonyl (C=O) groups is 1. The Kier molecular flexibility index (Phi) is 5.00. The van der Waals surface area contributed by atoms with Gasteiger partial charge in [-0.15, -0.1) is 0 Å². The van der Waals surface area contributed by atoms with Gasteiger partial charge in [0, 0.05) is 17.1 Å². The molecule has 0 aromatic heterocycles. The van der Waals surface area contributed by atoms with Gasteiger partial charge in [-0.05, 0) is 25.1 Å². The smallest absolute Gasteiger partial charge is 0.320 e. The van der Waals surface area contributed by atoms with Crippen molar-refractivity contribution in [2.24, 2.45) is 0 Å². The second kappa shape index (κ2) is 6.27. The van der Waals surface area contributed by atoms with Crippen molar-refractivity contribution < 1.29 is 15.0 Å². The van der Waals surface area contributed by atoms with Gasteiger partial charge < -0.3 is 15.5 Å². The summed E-state index contributed by atoms with van der Waals surface area (Å²) < 4.78 is 0. The number of carboxylic acids is 1. The topological polar surface area (TPSA) is 69.6 Å². The summed E-state index contributed by atoms with van der Waals surface area (Å²) >= 11 is 5.78. The third-order valence-corrected chi connectivity index (χ3v) is 2.43. The largest absolute Gasteiger partial charge is 0.507 e. The quantitative estimate of drug-likeness (QED) is 0.754. The molecule has 0 heterocycles. The van der Waals surface area contributed by atoms with Gasteiger partial charge in [0.05, 0.1) is 0 Å². The highest BCUT2D eigenvalue weighted by Gasteiger charge is 2.07. The Morgan fingerprint density at radius 1 is 1.59 bits per heavy atom. The van der Waals surface area contributed by atoms with Crippen LogP contribution in [0.5, 0.6) is 5.75 Å². The highest BCUT2D eigenvalue weighted by molar-refractivity contribution is 6.30. The highest BCUT2D eigenvalue weighted by atomic mass is 35.5. The van der Waals surface area contributed by atoms with E-state index < -0.39 is 12.0 Å². The Labute approximate surface area is 105 Å². The fourth-order valence-electron chi connectivity index (χ4n) is 1.18. The minimum absolute atomic E-state index is 0.136. The molecular formula is C12H14ClNO3. The van der Waals surface area contributed by atoms with Gasteiger partial charge in [0.25, 0.3) is 0 Å². The maximum absolute atomic E-state index is 10.5. The van der Waals surface area contributed by atoms with Gasteiger partial charge >= 0.3 is 5.97 Å². The van der Waals surface area contributed by atoms with E-state index in [4.69, 9.17) is 16.7 Å². The van der Waals surface area contributed by atoms with E-state index in [2.05, 4.69) is 5.32 Å². The Morgan fingerprint density at radius 2 is 2.29 bits per heavy atom. The van der Waals surface area contributed by atoms with Crippen molar-refractivity contribution in [2.45, 2.75) is 13.0 Å². The molecule has 0 aliphatic heterocycles. The molecule has 1 aromatic carbocycles. The Bertz CT molecular complexity index is 432. The molecule has 0 fully saturated rings. The fraction of sp³-hybridized carbons (Fsp3) is 0.250. The van der Waals surface area contributed by atoms with E-state index in [1.165, 1.54) is 6.07 Å². The van der Waals surface area contributed by atoms with Gasteiger partial charge in [-0.1, -0.05) is 23.8 Å². The monoisotopic (exact) mass is 255 g/mol. The molecule has 0 radical (unpaired) electrons. The third-order valence-electron chi connectivity index (χ3n) is 2.20. The number of phenols is 1. The Balaban J connectivity index is 2.54. The van der Waals surface area contributed by atoms with E-state index in [-0.39, 0.29) is 5.75 Å². The van der Waals surface area contributed by atoms with Gasteiger partial charge in [0.1, 0.15) is 11.8 Å². The number of benzene rings is 1. The van der Waals surface area contributed by atoms with Crippen LogP contribution >= 0.6 is 11.6 Å². The molecular weight excluding hydrogens is 242 g/mol. The molecule has 1 atom stereocenters. The molecule has 0 bridgehead atoms. The molecule has 92 valence electrons. The van der Waals surface area contributed by atoms with E-state index >= 15 is 0 Å². The van der Waals surface area contributed by atoms with E-state index in [0.717, 1.165) is 0 Å². The molecule has 0 spiro atoms. The molecule has 1 unspecified atom stereocenters. The van der Waals surface area contributed by atoms with Gasteiger partial charge in [0.2, 0.25) is 0 Å². The Hall–Kier alpha value is -1.52. The number of carboxylic acid groups (broad SMARTS) is 1. The van der Waals surface area contributed by atoms with Gasteiger partial charge in [-0.2, -0.15) is 0 Å². The number of hydrogen-bond acceptors (Lipinski definition) is 3. The van der Waals surface area contributed by atoms with Crippen molar-refractivity contribution >= 4 is 23.6 Å². The molecule has 4 nitrogen and oxygen atoms in total. The van der Waals surface area contributed by atoms with Crippen LogP contribution in [0.15, 0.2) is 24.3 Å². The van der Waals surface area contributed by atoms with Crippen LogP contribution in [0.4, 0.5) is 0 Å². The first-order chi connectivity index (χ1) is 8.00. The maximum Gasteiger partial charge on any atom is 0.320 e. The Morgan fingerprint density at radius 3 is 2.94 bits per heavy atom. The molecule has 0 aliphatic carbocycles. The summed E-state index contributed by atoms with van der Waals surface area (Å²) in [5, 5.41) is 21.5. The molecule has 1 rings (SSSR count). The standard InChI is InChI=1S/C12H14ClNO3/c1-8(12(16)17)14-6-2-3-9-7-10(13)4-5-11(9)15/h2-5,7-8,14-15H,6H2,1H3,(H,16,17)/b3-2+. The molecule has 3 N–H and O–H groups in total. The molecule has 17 heavy (non-hydrogen) atoms. The number of aliphatic carboxylic acids is 1. The molecule has 0 saturated carbocycles. The lowest BCUT2D eigenvalue weighted by Crippen LogP contribution is -2.33. The lowest BCUT2D eigenvalue weighted by molar-refractivity contribution is -0.138. The summed E-state index contributed by atoms with van der Waals surface area (Å²) in [6.07, 6.45) is 3.41. The SMILES string of the molecule is CC(NC/C=C/c1cc(Cl)ccc1O)C(=O)O. The lowest BCUT2D eigenvalue weighted by atomic mass is 10.2. The van der Waals surface area contributed by atoms with Crippen LogP contribution in [0.2, 0.25) is 5.02 Å². The predicted octanol–water partition coefficient (Wildman–Crippen LogP) is 2.12. The minimum atomic E-state index is -0.899. The average molecular weight is 256 g/mol. The number of aromatic hydroxyl groups is 1. The lowest BCUT2D eigenvalue weighted by Gasteiger charge is -2.05. The van der Waals surface area contributed by atoms with Crippen molar-refractivity contribution in [3.63, 3.8) is 0 Å². The molecule has 5 heteroatoms. The first-order valence-electron chi connectivity index (χ1n) is 5.12. The summed E-state index contributed by atoms with van der Waals surface area (Å²) in [7, 11) is 0. The fourth-order valence-corrected chi connectivity index (χ4v) is 1.36. The summed E-state index contributed by atoms with van der Waals surface area (Å²) in [6.45, 7) is 1.96. The van der Waals surface area contributed by atoms with Crippen LogP contribution in [0.3, 0.4) is 0 Å². The first-order valence-corrected chi connectivity index (χ1v) is 5.49. The maximum atomic E-state index is 10.5. The summed E-state index contributed by atoms with van der Waals surface area (Å²) in [5.41, 5.74) is 0.599. The normalized spacial score (nSPS) is 12.8. The number of hydrogen-bond donors (Lipinski definition) is 3. The number of phenolic OH excluding ortho intramolecular Hbond substituents is 1. The van der Waals surface area contributed by atoms with Crippen LogP contribution in [-0.4, -0.2) is 28.8 Å². The van der Waals surface area contributed by atoms with E-state index in [0.29, 0.717) is 17.1 Å². The van der Waals surface area contributed by atoms with Crippen molar-refractivity contribution in [3.05, 3.63) is 34.9 Å². The van der Waals surface area contributed by atoms with Crippen LogP contribution in [0.25, 0.3) is 6.08 Å². The molecule has 1 aromatic rings. The highest BCUT2D eigenvalue weighted by Crippen LogP contribution is 2.22. The average Bonchev–Trinajstić information content (AvgIpc) is 2.28.